The van der Waals surface area contributed by atoms with Gasteiger partial charge < -0.3 is 73.7 Å². The third kappa shape index (κ3) is 18.3. The highest BCUT2D eigenvalue weighted by atomic mass is 16.7. The van der Waals surface area contributed by atoms with E-state index in [1.165, 1.54) is 48.8 Å². The van der Waals surface area contributed by atoms with Gasteiger partial charge in [0.15, 0.2) is 5.96 Å². The molecule has 2 aromatic heterocycles. The summed E-state index contributed by atoms with van der Waals surface area (Å²) in [6.07, 6.45) is 5.16. The van der Waals surface area contributed by atoms with Crippen LogP contribution in [0.5, 0.6) is 5.75 Å². The van der Waals surface area contributed by atoms with Gasteiger partial charge in [0, 0.05) is 81.2 Å². The van der Waals surface area contributed by atoms with Gasteiger partial charge in [-0.15, -0.1) is 5.06 Å². The van der Waals surface area contributed by atoms with Crippen molar-refractivity contribution in [3.8, 4) is 5.75 Å². The number of aliphatic hydroxyl groups excluding tert-OH is 1. The molecule has 0 radical (unpaired) electrons. The number of carbonyl (C=O) groups excluding carboxylic acids is 10. The second-order valence-electron chi connectivity index (χ2n) is 20.8. The second kappa shape index (κ2) is 30.2. The average molecular weight is 1150 g/mol. The van der Waals surface area contributed by atoms with E-state index in [2.05, 4.69) is 57.2 Å². The molecule has 83 heavy (non-hydrogen) atoms. The Labute approximate surface area is 478 Å². The zero-order valence-electron chi connectivity index (χ0n) is 46.8. The van der Waals surface area contributed by atoms with E-state index >= 15 is 0 Å². The number of imidazole rings is 1. The largest absolute Gasteiger partial charge is 0.508 e. The van der Waals surface area contributed by atoms with E-state index in [4.69, 9.17) is 16.3 Å². The van der Waals surface area contributed by atoms with Crippen LogP contribution in [-0.4, -0.2) is 175 Å². The third-order valence-electron chi connectivity index (χ3n) is 14.0. The number of rotatable bonds is 29. The molecule has 15 N–H and O–H groups in total. The zero-order valence-corrected chi connectivity index (χ0v) is 46.8. The van der Waals surface area contributed by atoms with Gasteiger partial charge >= 0.3 is 5.97 Å². The molecule has 0 bridgehead atoms. The standard InChI is InChI=1S/C55H75N15O13/c1-5-69(54(82)45-13-9-21-70(45)83-31(4)72)53(81)39(12-8-20-59-55(56)57)63-48(76)40(22-30(2)3)64-49(77)41(23-32-14-16-35(73)17-15-32)65-52(80)44(28-71)68-50(78)42(24-33-26-60-37-11-7-6-10-36(33)37)66-51(79)43(25-34-27-58-29-61-34)67-47(75)38-18-19-46(74)62-38/h6-7,10-11,14-17,26-27,29-30,38-45,60,71,73H,5,8-9,12-13,18-25,28H2,1-4H3,(H,58,61)(H,62,74)(H,63,76)(H,64,77)(H,65,80)(H,66,79)(H,67,75)(H,68,78)(H4,56,57,59)/t38-,39+,40-,41-,42-,43-,44-,45+/m1/s1. The molecule has 0 aliphatic carbocycles. The zero-order chi connectivity index (χ0) is 60.3. The quantitative estimate of drug-likeness (QED) is 0.0162. The van der Waals surface area contributed by atoms with Crippen LogP contribution in [0.1, 0.15) is 89.5 Å². The number of imide groups is 1. The molecule has 9 amide bonds. The van der Waals surface area contributed by atoms with Crippen molar-refractivity contribution in [1.82, 2.24) is 62.1 Å². The number of aromatic amines is 2. The summed E-state index contributed by atoms with van der Waals surface area (Å²) in [6.45, 7) is 5.52. The molecule has 0 saturated carbocycles. The summed E-state index contributed by atoms with van der Waals surface area (Å²) in [4.78, 5) is 158. The van der Waals surface area contributed by atoms with E-state index in [0.29, 0.717) is 40.6 Å². The van der Waals surface area contributed by atoms with Crippen molar-refractivity contribution in [2.75, 3.05) is 26.2 Å². The van der Waals surface area contributed by atoms with Crippen LogP contribution in [0.2, 0.25) is 0 Å². The lowest BCUT2D eigenvalue weighted by atomic mass is 10.00. The monoisotopic (exact) mass is 1150 g/mol. The maximum atomic E-state index is 14.6. The van der Waals surface area contributed by atoms with Gasteiger partial charge in [0.05, 0.1) is 12.9 Å². The maximum Gasteiger partial charge on any atom is 0.322 e. The predicted molar refractivity (Wildman–Crippen MR) is 299 cm³/mol. The number of para-hydroxylation sites is 1. The molecule has 28 heteroatoms. The van der Waals surface area contributed by atoms with Gasteiger partial charge in [0.1, 0.15) is 54.1 Å². The number of amides is 9. The number of phenols is 1. The SMILES string of the molecule is CCN(C(=O)[C@H](CCCN=C(N)N)NC(=O)[C@@H](CC(C)C)NC(=O)[C@@H](Cc1ccc(O)cc1)NC(=O)[C@@H](CO)NC(=O)[C@@H](Cc1c[nH]c2ccccc12)NC(=O)[C@@H](Cc1cnc[nH]1)NC(=O)[C@H]1CCC(=O)N1)C(=O)[C@@H]1CCCN1OC(C)=O. The van der Waals surface area contributed by atoms with E-state index in [-0.39, 0.29) is 94.5 Å². The van der Waals surface area contributed by atoms with Crippen molar-refractivity contribution in [3.05, 3.63) is 84.1 Å². The normalized spacial score (nSPS) is 17.2. The summed E-state index contributed by atoms with van der Waals surface area (Å²) in [7, 11) is 0. The van der Waals surface area contributed by atoms with Crippen molar-refractivity contribution in [2.45, 2.75) is 140 Å². The highest BCUT2D eigenvalue weighted by molar-refractivity contribution is 6.02. The molecule has 2 saturated heterocycles. The number of nitrogens with two attached hydrogens (primary N) is 2. The van der Waals surface area contributed by atoms with Crippen molar-refractivity contribution in [2.24, 2.45) is 22.4 Å². The van der Waals surface area contributed by atoms with Crippen LogP contribution in [0.3, 0.4) is 0 Å². The summed E-state index contributed by atoms with van der Waals surface area (Å²) in [5, 5.41) is 41.3. The fraction of sp³-hybridized carbons (Fsp3) is 0.491. The number of hydroxylamine groups is 2. The van der Waals surface area contributed by atoms with Crippen LogP contribution in [0.25, 0.3) is 10.9 Å². The molecule has 2 aliphatic rings. The lowest BCUT2D eigenvalue weighted by Crippen LogP contribution is -2.61. The highest BCUT2D eigenvalue weighted by Gasteiger charge is 2.41. The van der Waals surface area contributed by atoms with Gasteiger partial charge in [-0.1, -0.05) is 44.2 Å². The molecule has 28 nitrogen and oxygen atoms in total. The molecule has 0 unspecified atom stereocenters. The average Bonchev–Trinajstić information content (AvgIpc) is 4.32. The molecule has 6 rings (SSSR count). The Balaban J connectivity index is 1.24. The van der Waals surface area contributed by atoms with Gasteiger partial charge in [-0.3, -0.25) is 57.8 Å². The van der Waals surface area contributed by atoms with Crippen LogP contribution >= 0.6 is 0 Å². The molecule has 4 aromatic rings. The molecule has 2 aliphatic heterocycles. The van der Waals surface area contributed by atoms with Crippen molar-refractivity contribution >= 4 is 76.0 Å². The number of hydrogen-bond acceptors (Lipinski definition) is 16. The number of carbonyl (C=O) groups is 10. The molecule has 4 heterocycles. The summed E-state index contributed by atoms with van der Waals surface area (Å²) in [5.74, 6) is -8.17. The van der Waals surface area contributed by atoms with Crippen molar-refractivity contribution in [3.63, 3.8) is 0 Å². The Morgan fingerprint density at radius 3 is 2.05 bits per heavy atom. The number of aliphatic hydroxyl groups is 1. The minimum absolute atomic E-state index is 0.00460. The van der Waals surface area contributed by atoms with E-state index in [9.17, 15) is 58.2 Å². The first-order valence-electron chi connectivity index (χ1n) is 27.5. The minimum atomic E-state index is -1.76. The first-order chi connectivity index (χ1) is 39.6. The van der Waals surface area contributed by atoms with E-state index in [0.717, 1.165) is 4.90 Å². The van der Waals surface area contributed by atoms with E-state index < -0.39 is 108 Å². The van der Waals surface area contributed by atoms with Gasteiger partial charge in [-0.2, -0.15) is 0 Å². The molecular weight excluding hydrogens is 1080 g/mol. The number of aromatic hydroxyl groups is 1. The van der Waals surface area contributed by atoms with Crippen LogP contribution < -0.4 is 48.7 Å². The number of likely N-dealkylation sites (N-methyl/N-ethyl adjacent to an activating group) is 1. The Morgan fingerprint density at radius 1 is 0.807 bits per heavy atom. The lowest BCUT2D eigenvalue weighted by molar-refractivity contribution is -0.195. The highest BCUT2D eigenvalue weighted by Crippen LogP contribution is 2.23. The Hall–Kier alpha value is -8.92. The summed E-state index contributed by atoms with van der Waals surface area (Å²) in [5.41, 5.74) is 13.3. The number of nitrogens with one attached hydrogen (secondary N) is 9. The van der Waals surface area contributed by atoms with E-state index in [1.807, 2.05) is 0 Å². The van der Waals surface area contributed by atoms with Crippen molar-refractivity contribution in [1.29, 1.82) is 0 Å². The van der Waals surface area contributed by atoms with Crippen molar-refractivity contribution < 1.29 is 63.0 Å². The molecule has 2 aromatic carbocycles. The van der Waals surface area contributed by atoms with E-state index in [1.54, 1.807) is 51.2 Å². The number of phenolic OH excluding ortho intramolecular Hbond substituents is 1. The van der Waals surface area contributed by atoms with Gasteiger partial charge in [-0.25, -0.2) is 4.98 Å². The van der Waals surface area contributed by atoms with Crippen LogP contribution in [0, 0.1) is 5.92 Å². The third-order valence-corrected chi connectivity index (χ3v) is 14.0. The summed E-state index contributed by atoms with van der Waals surface area (Å²) >= 11 is 0. The fourth-order valence-electron chi connectivity index (χ4n) is 9.78. The minimum Gasteiger partial charge on any atom is -0.508 e. The number of nitrogens with zero attached hydrogens (tertiary/aromatic N) is 4. The second-order valence-corrected chi connectivity index (χ2v) is 20.8. The molecule has 0 spiro atoms. The Kier molecular flexibility index (Phi) is 23.0. The Morgan fingerprint density at radius 2 is 1.43 bits per heavy atom. The van der Waals surface area contributed by atoms with Crippen LogP contribution in [0.4, 0.5) is 0 Å². The molecule has 2 fully saturated rings. The van der Waals surface area contributed by atoms with Gasteiger partial charge in [-0.05, 0) is 80.7 Å². The number of fused-ring (bicyclic) bond motifs is 1. The smallest absolute Gasteiger partial charge is 0.322 e. The van der Waals surface area contributed by atoms with Gasteiger partial charge in [0.25, 0.3) is 5.91 Å². The van der Waals surface area contributed by atoms with Crippen LogP contribution in [-0.2, 0) is 72.0 Å². The summed E-state index contributed by atoms with van der Waals surface area (Å²) in [6, 6.07) is 2.21. The molecule has 8 atom stereocenters. The summed E-state index contributed by atoms with van der Waals surface area (Å²) < 4.78 is 0. The number of guanidine groups is 1. The molecule has 448 valence electrons. The number of aliphatic imine (C=N–C) groups is 1. The lowest BCUT2D eigenvalue weighted by Gasteiger charge is -2.31. The van der Waals surface area contributed by atoms with Gasteiger partial charge in [0.2, 0.25) is 47.3 Å². The number of benzene rings is 2. The molecular formula is C55H75N15O13. The predicted octanol–water partition coefficient (Wildman–Crippen LogP) is -1.78. The topological polar surface area (TPSA) is 420 Å². The maximum absolute atomic E-state index is 14.6. The number of hydrogen-bond donors (Lipinski definition) is 13. The number of H-pyrrole nitrogens is 2. The number of aromatic nitrogens is 3. The van der Waals surface area contributed by atoms with Crippen LogP contribution in [0.15, 0.2) is 72.2 Å². The first kappa shape index (κ1) is 63.3. The first-order valence-corrected chi connectivity index (χ1v) is 27.5. The Bertz CT molecular complexity index is 2960. The fourth-order valence-corrected chi connectivity index (χ4v) is 9.78.